The number of aryl methyl sites for hydroxylation is 1. The van der Waals surface area contributed by atoms with Crippen LogP contribution in [0.1, 0.15) is 46.6 Å². The second-order valence-electron chi connectivity index (χ2n) is 7.71. The largest absolute Gasteiger partial charge is 0.451 e. The summed E-state index contributed by atoms with van der Waals surface area (Å²) in [4.78, 5) is 37.6. The number of thiophene rings is 1. The van der Waals surface area contributed by atoms with E-state index < -0.39 is 18.0 Å². The number of rotatable bonds is 6. The van der Waals surface area contributed by atoms with Crippen molar-refractivity contribution in [2.75, 3.05) is 6.54 Å². The lowest BCUT2D eigenvalue weighted by molar-refractivity contribution is -0.154. The number of amides is 2. The van der Waals surface area contributed by atoms with Crippen molar-refractivity contribution in [1.82, 2.24) is 10.6 Å². The molecule has 2 amide bonds. The average molecular weight is 471 g/mol. The Labute approximate surface area is 194 Å². The summed E-state index contributed by atoms with van der Waals surface area (Å²) in [5, 5.41) is 6.65. The number of halogens is 1. The molecule has 0 bridgehead atoms. The highest BCUT2D eigenvalue weighted by Crippen LogP contribution is 2.35. The van der Waals surface area contributed by atoms with E-state index in [0.29, 0.717) is 9.90 Å². The summed E-state index contributed by atoms with van der Waals surface area (Å²) in [5.41, 5.74) is 2.34. The first-order valence-corrected chi connectivity index (χ1v) is 11.7. The minimum atomic E-state index is -0.971. The van der Waals surface area contributed by atoms with Crippen molar-refractivity contribution in [3.63, 3.8) is 0 Å². The summed E-state index contributed by atoms with van der Waals surface area (Å²) in [7, 11) is 0. The van der Waals surface area contributed by atoms with Gasteiger partial charge in [-0.1, -0.05) is 54.1 Å². The van der Waals surface area contributed by atoms with Crippen LogP contribution in [0, 0.1) is 0 Å². The Balaban J connectivity index is 1.29. The maximum Gasteiger partial charge on any atom is 0.326 e. The normalized spacial score (nSPS) is 16.1. The fraction of sp³-hybridized carbons (Fsp3) is 0.292. The molecule has 3 aromatic rings. The van der Waals surface area contributed by atoms with E-state index in [1.54, 1.807) is 0 Å². The Bertz CT molecular complexity index is 1180. The molecule has 0 unspecified atom stereocenters. The van der Waals surface area contributed by atoms with E-state index in [1.165, 1.54) is 23.8 Å². The molecule has 1 aromatic heterocycles. The van der Waals surface area contributed by atoms with Crippen LogP contribution in [0.3, 0.4) is 0 Å². The van der Waals surface area contributed by atoms with Crippen molar-refractivity contribution in [1.29, 1.82) is 0 Å². The van der Waals surface area contributed by atoms with Gasteiger partial charge in [-0.15, -0.1) is 11.3 Å². The molecule has 4 rings (SSSR count). The van der Waals surface area contributed by atoms with Gasteiger partial charge in [0.15, 0.2) is 6.10 Å². The van der Waals surface area contributed by atoms with Crippen LogP contribution in [-0.2, 0) is 20.7 Å². The molecule has 2 atom stereocenters. The highest BCUT2D eigenvalue weighted by molar-refractivity contribution is 7.21. The smallest absolute Gasteiger partial charge is 0.326 e. The fourth-order valence-electron chi connectivity index (χ4n) is 3.88. The molecule has 0 saturated carbocycles. The van der Waals surface area contributed by atoms with E-state index in [9.17, 15) is 14.4 Å². The van der Waals surface area contributed by atoms with Gasteiger partial charge in [0.1, 0.15) is 11.4 Å². The quantitative estimate of drug-likeness (QED) is 0.522. The van der Waals surface area contributed by atoms with Crippen molar-refractivity contribution in [3.05, 3.63) is 69.6 Å². The minimum absolute atomic E-state index is 0.0941. The van der Waals surface area contributed by atoms with Gasteiger partial charge in [-0.3, -0.25) is 14.4 Å². The number of nitrogens with one attached hydrogen (secondary N) is 2. The number of benzene rings is 2. The Morgan fingerprint density at radius 1 is 1.16 bits per heavy atom. The summed E-state index contributed by atoms with van der Waals surface area (Å²) in [5.74, 6) is -1.51. The van der Waals surface area contributed by atoms with Crippen LogP contribution in [-0.4, -0.2) is 30.4 Å². The molecule has 1 heterocycles. The van der Waals surface area contributed by atoms with E-state index in [2.05, 4.69) is 16.7 Å². The SMILES string of the molecule is C[C@H](OC(=O)CNC(=O)c1sc2ccccc2c1Cl)C(=O)N[C@H]1CCCc2ccccc21. The van der Waals surface area contributed by atoms with Gasteiger partial charge in [0.25, 0.3) is 11.8 Å². The lowest BCUT2D eigenvalue weighted by Crippen LogP contribution is -2.40. The molecule has 166 valence electrons. The van der Waals surface area contributed by atoms with E-state index in [1.807, 2.05) is 42.5 Å². The fourth-order valence-corrected chi connectivity index (χ4v) is 5.31. The highest BCUT2D eigenvalue weighted by Gasteiger charge is 2.25. The van der Waals surface area contributed by atoms with Gasteiger partial charge < -0.3 is 15.4 Å². The molecule has 2 N–H and O–H groups in total. The number of hydrogen-bond donors (Lipinski definition) is 2. The number of ether oxygens (including phenoxy) is 1. The number of carbonyl (C=O) groups is 3. The molecule has 0 aliphatic heterocycles. The average Bonchev–Trinajstić information content (AvgIpc) is 3.14. The molecule has 0 radical (unpaired) electrons. The monoisotopic (exact) mass is 470 g/mol. The second-order valence-corrected chi connectivity index (χ2v) is 9.14. The van der Waals surface area contributed by atoms with Crippen LogP contribution in [0.2, 0.25) is 5.02 Å². The van der Waals surface area contributed by atoms with E-state index in [4.69, 9.17) is 16.3 Å². The predicted octanol–water partition coefficient (Wildman–Crippen LogP) is 4.41. The molecule has 0 saturated heterocycles. The Hall–Kier alpha value is -2.90. The van der Waals surface area contributed by atoms with Crippen LogP contribution in [0.25, 0.3) is 10.1 Å². The van der Waals surface area contributed by atoms with Crippen LogP contribution in [0.5, 0.6) is 0 Å². The van der Waals surface area contributed by atoms with Crippen LogP contribution < -0.4 is 10.6 Å². The molecular weight excluding hydrogens is 448 g/mol. The molecular formula is C24H23ClN2O4S. The minimum Gasteiger partial charge on any atom is -0.451 e. The number of hydrogen-bond acceptors (Lipinski definition) is 5. The van der Waals surface area contributed by atoms with Crippen molar-refractivity contribution >= 4 is 50.8 Å². The maximum absolute atomic E-state index is 12.6. The van der Waals surface area contributed by atoms with Gasteiger partial charge in [-0.05, 0) is 43.4 Å². The zero-order valence-corrected chi connectivity index (χ0v) is 19.1. The van der Waals surface area contributed by atoms with Crippen molar-refractivity contribution in [3.8, 4) is 0 Å². The lowest BCUT2D eigenvalue weighted by Gasteiger charge is -2.27. The summed E-state index contributed by atoms with van der Waals surface area (Å²) in [6, 6.07) is 15.4. The molecule has 0 fully saturated rings. The van der Waals surface area contributed by atoms with E-state index in [0.717, 1.165) is 34.9 Å². The molecule has 8 heteroatoms. The van der Waals surface area contributed by atoms with Gasteiger partial charge in [0.05, 0.1) is 11.1 Å². The summed E-state index contributed by atoms with van der Waals surface area (Å²) < 4.78 is 6.11. The maximum atomic E-state index is 12.6. The Morgan fingerprint density at radius 3 is 2.72 bits per heavy atom. The lowest BCUT2D eigenvalue weighted by atomic mass is 9.87. The van der Waals surface area contributed by atoms with Gasteiger partial charge in [-0.2, -0.15) is 0 Å². The molecule has 0 spiro atoms. The molecule has 6 nitrogen and oxygen atoms in total. The zero-order chi connectivity index (χ0) is 22.7. The van der Waals surface area contributed by atoms with Crippen LogP contribution in [0.15, 0.2) is 48.5 Å². The highest BCUT2D eigenvalue weighted by atomic mass is 35.5. The van der Waals surface area contributed by atoms with E-state index >= 15 is 0 Å². The molecule has 1 aliphatic rings. The molecule has 1 aliphatic carbocycles. The topological polar surface area (TPSA) is 84.5 Å². The van der Waals surface area contributed by atoms with Gasteiger partial charge in [0.2, 0.25) is 0 Å². The van der Waals surface area contributed by atoms with Crippen LogP contribution in [0.4, 0.5) is 0 Å². The molecule has 2 aromatic carbocycles. The first-order chi connectivity index (χ1) is 15.4. The second kappa shape index (κ2) is 9.71. The number of fused-ring (bicyclic) bond motifs is 2. The third-order valence-corrected chi connectivity index (χ3v) is 7.17. The third-order valence-electron chi connectivity index (χ3n) is 5.50. The van der Waals surface area contributed by atoms with Crippen molar-refractivity contribution < 1.29 is 19.1 Å². The standard InChI is InChI=1S/C24H23ClN2O4S/c1-14(23(29)27-18-11-6-8-15-7-2-3-9-16(15)18)31-20(28)13-26-24(30)22-21(25)17-10-4-5-12-19(17)32-22/h2-5,7,9-10,12,14,18H,6,8,11,13H2,1H3,(H,26,30)(H,27,29)/t14-,18-/m0/s1. The Morgan fingerprint density at radius 2 is 1.91 bits per heavy atom. The zero-order valence-electron chi connectivity index (χ0n) is 17.5. The summed E-state index contributed by atoms with van der Waals surface area (Å²) in [6.07, 6.45) is 1.86. The number of esters is 1. The third kappa shape index (κ3) is 4.79. The number of carbonyl (C=O) groups excluding carboxylic acids is 3. The molecule has 32 heavy (non-hydrogen) atoms. The van der Waals surface area contributed by atoms with Crippen molar-refractivity contribution in [2.24, 2.45) is 0 Å². The van der Waals surface area contributed by atoms with E-state index in [-0.39, 0.29) is 18.5 Å². The van der Waals surface area contributed by atoms with Gasteiger partial charge in [0, 0.05) is 10.1 Å². The summed E-state index contributed by atoms with van der Waals surface area (Å²) in [6.45, 7) is 1.17. The first kappa shape index (κ1) is 22.3. The first-order valence-electron chi connectivity index (χ1n) is 10.5. The predicted molar refractivity (Wildman–Crippen MR) is 125 cm³/mol. The van der Waals surface area contributed by atoms with Crippen LogP contribution >= 0.6 is 22.9 Å². The Kier molecular flexibility index (Phi) is 6.77. The summed E-state index contributed by atoms with van der Waals surface area (Å²) >= 11 is 7.56. The van der Waals surface area contributed by atoms with Crippen molar-refractivity contribution in [2.45, 2.75) is 38.3 Å². The van der Waals surface area contributed by atoms with Gasteiger partial charge >= 0.3 is 5.97 Å². The van der Waals surface area contributed by atoms with Gasteiger partial charge in [-0.25, -0.2) is 0 Å².